The van der Waals surface area contributed by atoms with E-state index in [1.807, 2.05) is 4.72 Å². The van der Waals surface area contributed by atoms with Gasteiger partial charge in [-0.3, -0.25) is 4.98 Å². The average Bonchev–Trinajstić information content (AvgIpc) is 2.26. The monoisotopic (exact) mass is 250 g/mol. The highest BCUT2D eigenvalue weighted by molar-refractivity contribution is 7.89. The number of nitrogens with one attached hydrogen (secondary N) is 1. The van der Waals surface area contributed by atoms with Crippen molar-refractivity contribution in [1.29, 1.82) is 0 Å². The van der Waals surface area contributed by atoms with E-state index in [4.69, 9.17) is 10.2 Å². The maximum absolute atomic E-state index is 12.7. The third kappa shape index (κ3) is 3.20. The Morgan fingerprint density at radius 3 is 2.50 bits per heavy atom. The number of rotatable bonds is 5. The van der Waals surface area contributed by atoms with Crippen LogP contribution in [0.1, 0.15) is 0 Å². The summed E-state index contributed by atoms with van der Waals surface area (Å²) < 4.78 is 37.9. The Balaban J connectivity index is 2.94. The van der Waals surface area contributed by atoms with Crippen molar-refractivity contribution in [3.8, 4) is 0 Å². The molecule has 8 heteroatoms. The summed E-state index contributed by atoms with van der Waals surface area (Å²) in [6.45, 7) is -1.11. The lowest BCUT2D eigenvalue weighted by Crippen LogP contribution is -2.40. The van der Waals surface area contributed by atoms with Crippen molar-refractivity contribution >= 4 is 10.0 Å². The molecule has 1 aromatic rings. The molecular formula is C8H11FN2O4S. The molecule has 0 unspecified atom stereocenters. The fraction of sp³-hybridized carbons (Fsp3) is 0.375. The van der Waals surface area contributed by atoms with Crippen LogP contribution in [0.3, 0.4) is 0 Å². The molecule has 0 fully saturated rings. The molecule has 90 valence electrons. The van der Waals surface area contributed by atoms with Crippen molar-refractivity contribution in [2.45, 2.75) is 10.9 Å². The van der Waals surface area contributed by atoms with Gasteiger partial charge in [0.15, 0.2) is 0 Å². The van der Waals surface area contributed by atoms with Crippen LogP contribution in [-0.4, -0.2) is 42.9 Å². The summed E-state index contributed by atoms with van der Waals surface area (Å²) in [5.41, 5.74) is 0. The maximum atomic E-state index is 12.7. The SMILES string of the molecule is O=S(=O)(NC(CO)CO)c1cncc(F)c1. The molecule has 0 saturated carbocycles. The van der Waals surface area contributed by atoms with E-state index in [9.17, 15) is 12.8 Å². The number of hydrogen-bond donors (Lipinski definition) is 3. The molecular weight excluding hydrogens is 239 g/mol. The van der Waals surface area contributed by atoms with Crippen LogP contribution in [0.2, 0.25) is 0 Å². The zero-order valence-corrected chi connectivity index (χ0v) is 8.98. The highest BCUT2D eigenvalue weighted by atomic mass is 32.2. The Labute approximate surface area is 91.8 Å². The molecule has 6 nitrogen and oxygen atoms in total. The van der Waals surface area contributed by atoms with E-state index in [0.29, 0.717) is 0 Å². The molecule has 1 aromatic heterocycles. The molecule has 1 rings (SSSR count). The number of sulfonamides is 1. The van der Waals surface area contributed by atoms with Gasteiger partial charge in [0.2, 0.25) is 10.0 Å². The predicted octanol–water partition coefficient (Wildman–Crippen LogP) is -1.15. The first-order valence-electron chi connectivity index (χ1n) is 4.34. The predicted molar refractivity (Wildman–Crippen MR) is 52.5 cm³/mol. The molecule has 3 N–H and O–H groups in total. The highest BCUT2D eigenvalue weighted by Gasteiger charge is 2.19. The quantitative estimate of drug-likeness (QED) is 0.613. The normalized spacial score (nSPS) is 12.0. The summed E-state index contributed by atoms with van der Waals surface area (Å²) >= 11 is 0. The van der Waals surface area contributed by atoms with Gasteiger partial charge in [-0.05, 0) is 6.07 Å². The number of aliphatic hydroxyl groups is 2. The Morgan fingerprint density at radius 2 is 2.00 bits per heavy atom. The van der Waals surface area contributed by atoms with Gasteiger partial charge in [-0.2, -0.15) is 0 Å². The second-order valence-corrected chi connectivity index (χ2v) is 4.74. The lowest BCUT2D eigenvalue weighted by atomic mass is 10.4. The smallest absolute Gasteiger partial charge is 0.242 e. The third-order valence-corrected chi connectivity index (χ3v) is 3.24. The molecule has 0 aliphatic carbocycles. The number of nitrogens with zero attached hydrogens (tertiary/aromatic N) is 1. The van der Waals surface area contributed by atoms with Gasteiger partial charge in [-0.25, -0.2) is 17.5 Å². The molecule has 0 spiro atoms. The van der Waals surface area contributed by atoms with Gasteiger partial charge in [0.05, 0.1) is 25.5 Å². The summed E-state index contributed by atoms with van der Waals surface area (Å²) in [7, 11) is -3.98. The first kappa shape index (κ1) is 13.0. The minimum absolute atomic E-state index is 0.362. The largest absolute Gasteiger partial charge is 0.395 e. The lowest BCUT2D eigenvalue weighted by molar-refractivity contribution is 0.185. The van der Waals surface area contributed by atoms with Crippen molar-refractivity contribution in [2.24, 2.45) is 0 Å². The van der Waals surface area contributed by atoms with Gasteiger partial charge in [0.1, 0.15) is 10.7 Å². The first-order chi connectivity index (χ1) is 7.49. The standard InChI is InChI=1S/C8H11FN2O4S/c9-6-1-8(3-10-2-6)16(14,15)11-7(4-12)5-13/h1-3,7,11-13H,4-5H2. The molecule has 0 bridgehead atoms. The second-order valence-electron chi connectivity index (χ2n) is 3.02. The summed E-state index contributed by atoms with van der Waals surface area (Å²) in [4.78, 5) is 3.03. The molecule has 1 heterocycles. The molecule has 0 atom stereocenters. The molecule has 0 aromatic carbocycles. The van der Waals surface area contributed by atoms with Crippen LogP contribution < -0.4 is 4.72 Å². The highest BCUT2D eigenvalue weighted by Crippen LogP contribution is 2.08. The van der Waals surface area contributed by atoms with E-state index < -0.39 is 35.1 Å². The minimum atomic E-state index is -3.98. The number of aliphatic hydroxyl groups excluding tert-OH is 2. The van der Waals surface area contributed by atoms with Crippen LogP contribution in [0.25, 0.3) is 0 Å². The Morgan fingerprint density at radius 1 is 1.38 bits per heavy atom. The Kier molecular flexibility index (Phi) is 4.30. The van der Waals surface area contributed by atoms with Gasteiger partial charge in [0.25, 0.3) is 0 Å². The van der Waals surface area contributed by atoms with E-state index in [0.717, 1.165) is 18.5 Å². The number of hydrogen-bond acceptors (Lipinski definition) is 5. The van der Waals surface area contributed by atoms with Crippen molar-refractivity contribution in [3.05, 3.63) is 24.3 Å². The van der Waals surface area contributed by atoms with E-state index >= 15 is 0 Å². The van der Waals surface area contributed by atoms with Crippen LogP contribution in [0.15, 0.2) is 23.4 Å². The lowest BCUT2D eigenvalue weighted by Gasteiger charge is -2.13. The van der Waals surface area contributed by atoms with Crippen molar-refractivity contribution in [1.82, 2.24) is 9.71 Å². The van der Waals surface area contributed by atoms with Crippen LogP contribution in [0.4, 0.5) is 4.39 Å². The van der Waals surface area contributed by atoms with Gasteiger partial charge in [0, 0.05) is 6.20 Å². The fourth-order valence-electron chi connectivity index (χ4n) is 0.959. The van der Waals surface area contributed by atoms with E-state index in [1.54, 1.807) is 0 Å². The molecule has 0 radical (unpaired) electrons. The summed E-state index contributed by atoms with van der Waals surface area (Å²) in [5.74, 6) is -0.785. The van der Waals surface area contributed by atoms with Gasteiger partial charge >= 0.3 is 0 Å². The Bertz CT molecular complexity index is 447. The van der Waals surface area contributed by atoms with Crippen LogP contribution >= 0.6 is 0 Å². The zero-order chi connectivity index (χ0) is 12.2. The summed E-state index contributed by atoms with van der Waals surface area (Å²) in [5, 5.41) is 17.4. The topological polar surface area (TPSA) is 99.5 Å². The zero-order valence-electron chi connectivity index (χ0n) is 8.17. The van der Waals surface area contributed by atoms with Crippen LogP contribution in [0, 0.1) is 5.82 Å². The van der Waals surface area contributed by atoms with E-state index in [1.165, 1.54) is 0 Å². The molecule has 16 heavy (non-hydrogen) atoms. The maximum Gasteiger partial charge on any atom is 0.242 e. The van der Waals surface area contributed by atoms with Crippen molar-refractivity contribution in [2.75, 3.05) is 13.2 Å². The van der Waals surface area contributed by atoms with E-state index in [2.05, 4.69) is 4.98 Å². The third-order valence-electron chi connectivity index (χ3n) is 1.75. The van der Waals surface area contributed by atoms with Crippen molar-refractivity contribution in [3.63, 3.8) is 0 Å². The van der Waals surface area contributed by atoms with Gasteiger partial charge < -0.3 is 10.2 Å². The molecule has 0 saturated heterocycles. The summed E-state index contributed by atoms with van der Waals surface area (Å²) in [6.07, 6.45) is 1.84. The molecule has 0 aliphatic rings. The minimum Gasteiger partial charge on any atom is -0.395 e. The van der Waals surface area contributed by atoms with E-state index in [-0.39, 0.29) is 4.90 Å². The van der Waals surface area contributed by atoms with Crippen molar-refractivity contribution < 1.29 is 23.0 Å². The number of halogens is 1. The summed E-state index contributed by atoms with van der Waals surface area (Å²) in [6, 6.07) is -0.227. The Hall–Kier alpha value is -1.09. The van der Waals surface area contributed by atoms with Crippen LogP contribution in [-0.2, 0) is 10.0 Å². The van der Waals surface area contributed by atoms with Gasteiger partial charge in [-0.15, -0.1) is 0 Å². The average molecular weight is 250 g/mol. The number of aromatic nitrogens is 1. The molecule has 0 amide bonds. The van der Waals surface area contributed by atoms with Crippen LogP contribution in [0.5, 0.6) is 0 Å². The van der Waals surface area contributed by atoms with Gasteiger partial charge in [-0.1, -0.05) is 0 Å². The molecule has 0 aliphatic heterocycles. The number of pyridine rings is 1. The second kappa shape index (κ2) is 5.30. The fourth-order valence-corrected chi connectivity index (χ4v) is 2.15. The first-order valence-corrected chi connectivity index (χ1v) is 5.82.